The van der Waals surface area contributed by atoms with Gasteiger partial charge in [-0.15, -0.1) is 11.3 Å². The highest BCUT2D eigenvalue weighted by Crippen LogP contribution is 2.34. The predicted octanol–water partition coefficient (Wildman–Crippen LogP) is 5.50. The van der Waals surface area contributed by atoms with Gasteiger partial charge in [0.2, 0.25) is 15.9 Å². The molecule has 186 valence electrons. The standard InChI is InChI=1S/C27H31FN2O3S2/c1-18-13-20(3)27(21(4)14-18)35(32,33)30(24-9-10-24)17-26(31)29(16-25-19(2)11-12-34-25)15-22-5-7-23(28)8-6-22/h5-8,11-14,24H,9-10,15-17H2,1-4H3. The number of carbonyl (C=O) groups excluding carboxylic acids is 1. The second kappa shape index (κ2) is 10.2. The number of sulfonamides is 1. The lowest BCUT2D eigenvalue weighted by Crippen LogP contribution is -2.43. The van der Waals surface area contributed by atoms with Crippen LogP contribution in [0.3, 0.4) is 0 Å². The fourth-order valence-electron chi connectivity index (χ4n) is 4.48. The van der Waals surface area contributed by atoms with Crippen molar-refractivity contribution in [3.8, 4) is 0 Å². The monoisotopic (exact) mass is 514 g/mol. The van der Waals surface area contributed by atoms with E-state index >= 15 is 0 Å². The normalized spacial score (nSPS) is 13.9. The third-order valence-corrected chi connectivity index (χ3v) is 9.57. The molecule has 4 rings (SSSR count). The van der Waals surface area contributed by atoms with Gasteiger partial charge in [-0.25, -0.2) is 12.8 Å². The van der Waals surface area contributed by atoms with E-state index < -0.39 is 10.0 Å². The van der Waals surface area contributed by atoms with E-state index in [1.54, 1.807) is 42.2 Å². The van der Waals surface area contributed by atoms with E-state index in [4.69, 9.17) is 0 Å². The number of rotatable bonds is 9. The average Bonchev–Trinajstić information content (AvgIpc) is 3.53. The first-order valence-corrected chi connectivity index (χ1v) is 14.0. The lowest BCUT2D eigenvalue weighted by molar-refractivity contribution is -0.132. The van der Waals surface area contributed by atoms with Gasteiger partial charge in [0, 0.05) is 17.5 Å². The topological polar surface area (TPSA) is 57.7 Å². The molecule has 8 heteroatoms. The molecule has 1 aliphatic rings. The molecule has 0 unspecified atom stereocenters. The minimum atomic E-state index is -3.85. The Morgan fingerprint density at radius 3 is 2.14 bits per heavy atom. The number of carbonyl (C=O) groups is 1. The third-order valence-electron chi connectivity index (χ3n) is 6.36. The van der Waals surface area contributed by atoms with Crippen LogP contribution < -0.4 is 0 Å². The molecule has 1 amide bonds. The van der Waals surface area contributed by atoms with E-state index in [1.165, 1.54) is 16.4 Å². The Balaban J connectivity index is 1.64. The maximum Gasteiger partial charge on any atom is 0.244 e. The van der Waals surface area contributed by atoms with Gasteiger partial charge in [-0.3, -0.25) is 4.79 Å². The van der Waals surface area contributed by atoms with Crippen LogP contribution >= 0.6 is 11.3 Å². The molecule has 1 saturated carbocycles. The molecular formula is C27H31FN2O3S2. The van der Waals surface area contributed by atoms with Crippen LogP contribution in [0.1, 0.15) is 45.5 Å². The van der Waals surface area contributed by atoms with E-state index in [0.29, 0.717) is 22.6 Å². The second-order valence-corrected chi connectivity index (χ2v) is 12.2. The van der Waals surface area contributed by atoms with Gasteiger partial charge in [0.25, 0.3) is 0 Å². The van der Waals surface area contributed by atoms with Gasteiger partial charge in [-0.2, -0.15) is 4.31 Å². The maximum absolute atomic E-state index is 13.8. The fraction of sp³-hybridized carbons (Fsp3) is 0.370. The van der Waals surface area contributed by atoms with Crippen LogP contribution in [0.15, 0.2) is 52.7 Å². The Kier molecular flexibility index (Phi) is 7.45. The molecule has 3 aromatic rings. The molecule has 5 nitrogen and oxygen atoms in total. The average molecular weight is 515 g/mol. The van der Waals surface area contributed by atoms with Gasteiger partial charge in [0.05, 0.1) is 18.0 Å². The van der Waals surface area contributed by atoms with Crippen molar-refractivity contribution in [1.29, 1.82) is 0 Å². The molecule has 0 N–H and O–H groups in total. The summed E-state index contributed by atoms with van der Waals surface area (Å²) in [6.45, 7) is 7.99. The smallest absolute Gasteiger partial charge is 0.244 e. The van der Waals surface area contributed by atoms with Crippen molar-refractivity contribution >= 4 is 27.3 Å². The third kappa shape index (κ3) is 5.82. The minimum Gasteiger partial charge on any atom is -0.332 e. The Morgan fingerprint density at radius 1 is 0.971 bits per heavy atom. The first-order chi connectivity index (χ1) is 16.6. The molecule has 0 aliphatic heterocycles. The predicted molar refractivity (Wildman–Crippen MR) is 137 cm³/mol. The zero-order chi connectivity index (χ0) is 25.3. The molecule has 1 aliphatic carbocycles. The molecular weight excluding hydrogens is 483 g/mol. The zero-order valence-electron chi connectivity index (χ0n) is 20.5. The lowest BCUT2D eigenvalue weighted by Gasteiger charge is -2.28. The van der Waals surface area contributed by atoms with Gasteiger partial charge in [0.1, 0.15) is 5.82 Å². The number of thiophene rings is 1. The van der Waals surface area contributed by atoms with Gasteiger partial charge in [0.15, 0.2) is 0 Å². The van der Waals surface area contributed by atoms with E-state index in [1.807, 2.05) is 37.4 Å². The molecule has 0 radical (unpaired) electrons. The summed E-state index contributed by atoms with van der Waals surface area (Å²) in [6.07, 6.45) is 1.50. The zero-order valence-corrected chi connectivity index (χ0v) is 22.2. The van der Waals surface area contributed by atoms with Crippen molar-refractivity contribution in [2.75, 3.05) is 6.54 Å². The van der Waals surface area contributed by atoms with Crippen LogP contribution in [-0.2, 0) is 27.9 Å². The Labute approximate surface area is 211 Å². The highest BCUT2D eigenvalue weighted by molar-refractivity contribution is 7.89. The van der Waals surface area contributed by atoms with Crippen molar-refractivity contribution in [2.45, 2.75) is 64.6 Å². The van der Waals surface area contributed by atoms with Crippen LogP contribution in [0, 0.1) is 33.5 Å². The highest BCUT2D eigenvalue weighted by Gasteiger charge is 2.41. The molecule has 0 spiro atoms. The quantitative estimate of drug-likeness (QED) is 0.379. The summed E-state index contributed by atoms with van der Waals surface area (Å²) >= 11 is 1.57. The van der Waals surface area contributed by atoms with Crippen molar-refractivity contribution in [3.63, 3.8) is 0 Å². The van der Waals surface area contributed by atoms with E-state index in [0.717, 1.165) is 34.4 Å². The number of aryl methyl sites for hydroxylation is 4. The van der Waals surface area contributed by atoms with Crippen molar-refractivity contribution < 1.29 is 17.6 Å². The fourth-order valence-corrected chi connectivity index (χ4v) is 7.45. The van der Waals surface area contributed by atoms with Crippen LogP contribution in [0.5, 0.6) is 0 Å². The Hall–Kier alpha value is -2.55. The van der Waals surface area contributed by atoms with Gasteiger partial charge >= 0.3 is 0 Å². The van der Waals surface area contributed by atoms with Gasteiger partial charge < -0.3 is 4.90 Å². The summed E-state index contributed by atoms with van der Waals surface area (Å²) in [5.74, 6) is -0.601. The highest BCUT2D eigenvalue weighted by atomic mass is 32.2. The summed E-state index contributed by atoms with van der Waals surface area (Å²) in [7, 11) is -3.85. The number of hydrogen-bond acceptors (Lipinski definition) is 4. The van der Waals surface area contributed by atoms with Crippen molar-refractivity contribution in [3.05, 3.63) is 86.4 Å². The SMILES string of the molecule is Cc1cc(C)c(S(=O)(=O)N(CC(=O)N(Cc2ccc(F)cc2)Cc2sccc2C)C2CC2)c(C)c1. The maximum atomic E-state index is 13.8. The number of hydrogen-bond donors (Lipinski definition) is 0. The summed E-state index contributed by atoms with van der Waals surface area (Å²) in [5, 5.41) is 1.98. The second-order valence-electron chi connectivity index (χ2n) is 9.41. The van der Waals surface area contributed by atoms with E-state index in [-0.39, 0.29) is 30.9 Å². The number of benzene rings is 2. The van der Waals surface area contributed by atoms with Gasteiger partial charge in [-0.1, -0.05) is 29.8 Å². The first-order valence-electron chi connectivity index (χ1n) is 11.7. The van der Waals surface area contributed by atoms with E-state index in [2.05, 4.69) is 0 Å². The molecule has 0 saturated heterocycles. The number of nitrogens with zero attached hydrogens (tertiary/aromatic N) is 2. The van der Waals surface area contributed by atoms with Gasteiger partial charge in [-0.05, 0) is 86.4 Å². The summed E-state index contributed by atoms with van der Waals surface area (Å²) in [4.78, 5) is 16.7. The van der Waals surface area contributed by atoms with Crippen molar-refractivity contribution in [1.82, 2.24) is 9.21 Å². The van der Waals surface area contributed by atoms with E-state index in [9.17, 15) is 17.6 Å². The summed E-state index contributed by atoms with van der Waals surface area (Å²) in [6, 6.07) is 11.6. The minimum absolute atomic E-state index is 0.166. The Bertz CT molecular complexity index is 1310. The summed E-state index contributed by atoms with van der Waals surface area (Å²) in [5.41, 5.74) is 4.27. The molecule has 1 heterocycles. The van der Waals surface area contributed by atoms with Crippen LogP contribution in [-0.4, -0.2) is 36.1 Å². The molecule has 35 heavy (non-hydrogen) atoms. The molecule has 0 atom stereocenters. The number of halogens is 1. The van der Waals surface area contributed by atoms with Crippen LogP contribution in [0.4, 0.5) is 4.39 Å². The van der Waals surface area contributed by atoms with Crippen molar-refractivity contribution in [2.24, 2.45) is 0 Å². The molecule has 1 aromatic heterocycles. The molecule has 0 bridgehead atoms. The van der Waals surface area contributed by atoms with Crippen LogP contribution in [0.25, 0.3) is 0 Å². The summed E-state index contributed by atoms with van der Waals surface area (Å²) < 4.78 is 42.4. The van der Waals surface area contributed by atoms with Crippen LogP contribution in [0.2, 0.25) is 0 Å². The molecule has 1 fully saturated rings. The number of amides is 1. The molecule has 2 aromatic carbocycles. The Morgan fingerprint density at radius 2 is 1.60 bits per heavy atom. The first kappa shape index (κ1) is 25.5. The largest absolute Gasteiger partial charge is 0.332 e. The lowest BCUT2D eigenvalue weighted by atomic mass is 10.1.